The molecule has 33 heavy (non-hydrogen) atoms. The van der Waals surface area contributed by atoms with Crippen LogP contribution >= 0.6 is 22.7 Å². The summed E-state index contributed by atoms with van der Waals surface area (Å²) in [5.41, 5.74) is 1.85. The summed E-state index contributed by atoms with van der Waals surface area (Å²) < 4.78 is 10.7. The van der Waals surface area contributed by atoms with Crippen molar-refractivity contribution in [3.63, 3.8) is 0 Å². The van der Waals surface area contributed by atoms with Crippen molar-refractivity contribution in [1.29, 1.82) is 0 Å². The number of rotatable bonds is 7. The summed E-state index contributed by atoms with van der Waals surface area (Å²) in [7, 11) is 0. The fourth-order valence-electron chi connectivity index (χ4n) is 3.34. The number of carbonyl (C=O) groups excluding carboxylic acids is 3. The van der Waals surface area contributed by atoms with Crippen molar-refractivity contribution in [3.05, 3.63) is 74.6 Å². The Morgan fingerprint density at radius 2 is 1.88 bits per heavy atom. The Morgan fingerprint density at radius 1 is 1.09 bits per heavy atom. The van der Waals surface area contributed by atoms with Crippen LogP contribution < -0.4 is 10.6 Å². The summed E-state index contributed by atoms with van der Waals surface area (Å²) in [6, 6.07) is 12.0. The first-order valence-electron chi connectivity index (χ1n) is 10.2. The number of benzene rings is 1. The van der Waals surface area contributed by atoms with Crippen LogP contribution in [0, 0.1) is 6.92 Å². The van der Waals surface area contributed by atoms with Gasteiger partial charge in [-0.2, -0.15) is 0 Å². The molecule has 0 saturated carbocycles. The Bertz CT molecular complexity index is 1200. The third-order valence-corrected chi connectivity index (χ3v) is 6.95. The Hall–Kier alpha value is -3.50. The van der Waals surface area contributed by atoms with E-state index < -0.39 is 24.0 Å². The lowest BCUT2D eigenvalue weighted by Gasteiger charge is -2.28. The van der Waals surface area contributed by atoms with Gasteiger partial charge in [0.05, 0.1) is 29.6 Å². The minimum Gasteiger partial charge on any atom is -0.463 e. The first kappa shape index (κ1) is 22.7. The molecular weight excluding hydrogens is 462 g/mol. The molecular formula is C23H21N3O5S2. The summed E-state index contributed by atoms with van der Waals surface area (Å²) in [5.74, 6) is -1.17. The van der Waals surface area contributed by atoms with Crippen molar-refractivity contribution in [1.82, 2.24) is 15.6 Å². The van der Waals surface area contributed by atoms with Crippen molar-refractivity contribution < 1.29 is 23.9 Å². The number of amides is 2. The third kappa shape index (κ3) is 4.96. The van der Waals surface area contributed by atoms with Gasteiger partial charge < -0.3 is 20.1 Å². The molecule has 1 aliphatic rings. The van der Waals surface area contributed by atoms with E-state index in [-0.39, 0.29) is 24.5 Å². The van der Waals surface area contributed by atoms with Gasteiger partial charge >= 0.3 is 18.0 Å². The fraction of sp³-hybridized carbons (Fsp3) is 0.217. The van der Waals surface area contributed by atoms with Crippen molar-refractivity contribution in [3.8, 4) is 10.6 Å². The van der Waals surface area contributed by atoms with Crippen LogP contribution in [-0.2, 0) is 14.3 Å². The summed E-state index contributed by atoms with van der Waals surface area (Å²) >= 11 is 2.63. The van der Waals surface area contributed by atoms with Gasteiger partial charge in [-0.15, -0.1) is 22.7 Å². The Kier molecular flexibility index (Phi) is 6.85. The maximum atomic E-state index is 12.8. The molecule has 10 heteroatoms. The molecule has 2 amide bonds. The van der Waals surface area contributed by atoms with Gasteiger partial charge in [0.25, 0.3) is 0 Å². The molecule has 8 nitrogen and oxygen atoms in total. The molecule has 0 radical (unpaired) electrons. The highest BCUT2D eigenvalue weighted by Gasteiger charge is 2.35. The van der Waals surface area contributed by atoms with Gasteiger partial charge in [0.2, 0.25) is 0 Å². The molecule has 170 valence electrons. The number of aromatic nitrogens is 1. The second-order valence-corrected chi connectivity index (χ2v) is 9.01. The van der Waals surface area contributed by atoms with Gasteiger partial charge in [-0.25, -0.2) is 19.4 Å². The first-order chi connectivity index (χ1) is 16.0. The van der Waals surface area contributed by atoms with Gasteiger partial charge in [0.15, 0.2) is 0 Å². The highest BCUT2D eigenvalue weighted by molar-refractivity contribution is 7.17. The Balaban J connectivity index is 1.59. The van der Waals surface area contributed by atoms with Gasteiger partial charge in [-0.1, -0.05) is 36.4 Å². The summed E-state index contributed by atoms with van der Waals surface area (Å²) in [4.78, 5) is 43.5. The van der Waals surface area contributed by atoms with Crippen LogP contribution in [0.25, 0.3) is 10.6 Å². The molecule has 0 aliphatic carbocycles. The molecule has 0 saturated heterocycles. The van der Waals surface area contributed by atoms with Crippen LogP contribution in [0.4, 0.5) is 4.79 Å². The van der Waals surface area contributed by atoms with E-state index in [1.165, 1.54) is 22.7 Å². The van der Waals surface area contributed by atoms with E-state index in [1.54, 1.807) is 13.8 Å². The normalized spacial score (nSPS) is 15.6. The van der Waals surface area contributed by atoms with E-state index in [9.17, 15) is 14.4 Å². The summed E-state index contributed by atoms with van der Waals surface area (Å²) in [6.45, 7) is 3.31. The predicted molar refractivity (Wildman–Crippen MR) is 125 cm³/mol. The number of hydrogen-bond donors (Lipinski definition) is 2. The van der Waals surface area contributed by atoms with Crippen LogP contribution in [0.3, 0.4) is 0 Å². The zero-order valence-corrected chi connectivity index (χ0v) is 19.5. The highest BCUT2D eigenvalue weighted by atomic mass is 32.1. The molecule has 2 N–H and O–H groups in total. The van der Waals surface area contributed by atoms with E-state index >= 15 is 0 Å². The quantitative estimate of drug-likeness (QED) is 0.488. The standard InChI is InChI=1S/C23H21N3O5S2/c1-3-30-21(27)17-15(25-23(29)26-18(17)16-10-7-11-32-16)12-31-22(28)19-13(2)24-20(33-19)14-8-5-4-6-9-14/h4-11,18H,3,12H2,1-2H3,(H2,25,26,29). The molecule has 3 aromatic rings. The van der Waals surface area contributed by atoms with Crippen molar-refractivity contribution >= 4 is 40.6 Å². The number of aryl methyl sites for hydroxylation is 1. The zero-order chi connectivity index (χ0) is 23.4. The minimum absolute atomic E-state index is 0.169. The van der Waals surface area contributed by atoms with Crippen LogP contribution in [0.15, 0.2) is 59.1 Å². The van der Waals surface area contributed by atoms with Gasteiger partial charge in [0, 0.05) is 10.4 Å². The largest absolute Gasteiger partial charge is 0.463 e. The van der Waals surface area contributed by atoms with Crippen LogP contribution in [0.2, 0.25) is 0 Å². The number of carbonyl (C=O) groups is 3. The average molecular weight is 484 g/mol. The van der Waals surface area contributed by atoms with Crippen molar-refractivity contribution in [2.75, 3.05) is 13.2 Å². The molecule has 2 aromatic heterocycles. The van der Waals surface area contributed by atoms with E-state index in [0.29, 0.717) is 15.6 Å². The van der Waals surface area contributed by atoms with E-state index in [4.69, 9.17) is 9.47 Å². The molecule has 1 aliphatic heterocycles. The molecule has 0 fully saturated rings. The monoisotopic (exact) mass is 483 g/mol. The highest BCUT2D eigenvalue weighted by Crippen LogP contribution is 2.32. The second kappa shape index (κ2) is 9.97. The topological polar surface area (TPSA) is 107 Å². The number of ether oxygens (including phenoxy) is 2. The van der Waals surface area contributed by atoms with E-state index in [1.807, 2.05) is 47.8 Å². The maximum absolute atomic E-state index is 12.8. The minimum atomic E-state index is -0.693. The first-order valence-corrected chi connectivity index (χ1v) is 11.9. The molecule has 0 bridgehead atoms. The summed E-state index contributed by atoms with van der Waals surface area (Å²) in [6.07, 6.45) is 0. The molecule has 1 aromatic carbocycles. The molecule has 4 rings (SSSR count). The molecule has 1 atom stereocenters. The van der Waals surface area contributed by atoms with Crippen LogP contribution in [-0.4, -0.2) is 36.2 Å². The number of thiazole rings is 1. The Morgan fingerprint density at radius 3 is 2.58 bits per heavy atom. The van der Waals surface area contributed by atoms with E-state index in [0.717, 1.165) is 10.4 Å². The van der Waals surface area contributed by atoms with Gasteiger partial charge in [0.1, 0.15) is 16.5 Å². The molecule has 3 heterocycles. The van der Waals surface area contributed by atoms with Crippen LogP contribution in [0.1, 0.15) is 33.2 Å². The summed E-state index contributed by atoms with van der Waals surface area (Å²) in [5, 5.41) is 7.89. The number of nitrogens with one attached hydrogen (secondary N) is 2. The smallest absolute Gasteiger partial charge is 0.350 e. The lowest BCUT2D eigenvalue weighted by Crippen LogP contribution is -2.46. The predicted octanol–water partition coefficient (Wildman–Crippen LogP) is 4.21. The van der Waals surface area contributed by atoms with E-state index in [2.05, 4.69) is 15.6 Å². The fourth-order valence-corrected chi connectivity index (χ4v) is 5.09. The lowest BCUT2D eigenvalue weighted by atomic mass is 10.0. The van der Waals surface area contributed by atoms with Gasteiger partial charge in [-0.05, 0) is 25.3 Å². The number of thiophene rings is 1. The molecule has 0 spiro atoms. The third-order valence-electron chi connectivity index (χ3n) is 4.83. The molecule has 1 unspecified atom stereocenters. The number of hydrogen-bond acceptors (Lipinski definition) is 8. The SMILES string of the molecule is CCOC(=O)C1=C(COC(=O)c2sc(-c3ccccc3)nc2C)NC(=O)NC1c1cccs1. The van der Waals surface area contributed by atoms with Gasteiger partial charge in [-0.3, -0.25) is 0 Å². The maximum Gasteiger partial charge on any atom is 0.350 e. The Labute approximate surface area is 198 Å². The average Bonchev–Trinajstić information content (AvgIpc) is 3.48. The van der Waals surface area contributed by atoms with Crippen LogP contribution in [0.5, 0.6) is 0 Å². The lowest BCUT2D eigenvalue weighted by molar-refractivity contribution is -0.139. The second-order valence-electron chi connectivity index (χ2n) is 7.04. The number of urea groups is 1. The van der Waals surface area contributed by atoms with Crippen molar-refractivity contribution in [2.24, 2.45) is 0 Å². The van der Waals surface area contributed by atoms with Crippen molar-refractivity contribution in [2.45, 2.75) is 19.9 Å². The number of nitrogens with zero attached hydrogens (tertiary/aromatic N) is 1. The number of esters is 2. The zero-order valence-electron chi connectivity index (χ0n) is 17.9.